The number of nitrogens with zero attached hydrogens (tertiary/aromatic N) is 3. The van der Waals surface area contributed by atoms with E-state index in [1.54, 1.807) is 34.8 Å². The summed E-state index contributed by atoms with van der Waals surface area (Å²) in [6.45, 7) is 33.0. The minimum Gasteiger partial charge on any atom is -0.358 e. The Morgan fingerprint density at radius 3 is 0.730 bits per heavy atom. The first-order chi connectivity index (χ1) is 17.0. The van der Waals surface area contributed by atoms with E-state index in [9.17, 15) is 0 Å². The number of hydrogen-bond donors (Lipinski definition) is 0. The van der Waals surface area contributed by atoms with Crippen molar-refractivity contribution in [3.8, 4) is 0 Å². The molecular formula is C27H54BN3S6. The van der Waals surface area contributed by atoms with Crippen LogP contribution in [0.5, 0.6) is 0 Å². The third-order valence-electron chi connectivity index (χ3n) is 4.88. The average molecular weight is 624 g/mol. The molecule has 0 heterocycles. The zero-order valence-electron chi connectivity index (χ0n) is 25.6. The SMILES string of the molecule is CC(C)CN(CC(C)C)C(=S)SB(SC(=S)N(CC(C)C)CC(C)C)SC(=S)N(CC(C)C)CC(C)C. The summed E-state index contributed by atoms with van der Waals surface area (Å²) >= 11 is 23.4. The fourth-order valence-corrected chi connectivity index (χ4v) is 9.87. The molecule has 10 heteroatoms. The molecular weight excluding hydrogens is 570 g/mol. The van der Waals surface area contributed by atoms with Crippen molar-refractivity contribution in [2.24, 2.45) is 35.5 Å². The van der Waals surface area contributed by atoms with E-state index in [4.69, 9.17) is 36.7 Å². The van der Waals surface area contributed by atoms with Crippen molar-refractivity contribution < 1.29 is 0 Å². The van der Waals surface area contributed by atoms with Gasteiger partial charge in [-0.2, -0.15) is 0 Å². The van der Waals surface area contributed by atoms with Crippen molar-refractivity contribution in [3.05, 3.63) is 0 Å². The molecule has 0 bridgehead atoms. The third-order valence-corrected chi connectivity index (χ3v) is 10.2. The smallest absolute Gasteiger partial charge is 0.358 e. The van der Waals surface area contributed by atoms with E-state index in [2.05, 4.69) is 97.8 Å². The van der Waals surface area contributed by atoms with E-state index >= 15 is 0 Å². The first-order valence-corrected chi connectivity index (χ1v) is 17.7. The van der Waals surface area contributed by atoms with Gasteiger partial charge in [-0.3, -0.25) is 0 Å². The summed E-state index contributed by atoms with van der Waals surface area (Å²) in [6, 6.07) is 0. The summed E-state index contributed by atoms with van der Waals surface area (Å²) in [5.41, 5.74) is 0. The Morgan fingerprint density at radius 1 is 0.432 bits per heavy atom. The predicted molar refractivity (Wildman–Crippen MR) is 190 cm³/mol. The van der Waals surface area contributed by atoms with Crippen molar-refractivity contribution >= 4 is 89.0 Å². The lowest BCUT2D eigenvalue weighted by Crippen LogP contribution is -2.38. The standard InChI is InChI=1S/C27H54BN3S6/c1-19(2)13-29(14-20(3)4)25(32)35-28(36-26(33)30(15-21(5)6)16-22(7)8)37-27(34)31(17-23(9)10)18-24(11)12/h19-24H,13-18H2,1-12H3. The zero-order chi connectivity index (χ0) is 28.9. The van der Waals surface area contributed by atoms with Gasteiger partial charge in [0.15, 0.2) is 0 Å². The minimum absolute atomic E-state index is 0.0815. The van der Waals surface area contributed by atoms with E-state index in [1.807, 2.05) is 0 Å². The third kappa shape index (κ3) is 18.7. The fraction of sp³-hybridized carbons (Fsp3) is 0.889. The Morgan fingerprint density at radius 2 is 0.595 bits per heavy atom. The Hall–Kier alpha value is 0.785. The van der Waals surface area contributed by atoms with Gasteiger partial charge in [0.05, 0.1) is 0 Å². The predicted octanol–water partition coefficient (Wildman–Crippen LogP) is 8.87. The van der Waals surface area contributed by atoms with Crippen LogP contribution in [0.25, 0.3) is 0 Å². The number of rotatable bonds is 15. The van der Waals surface area contributed by atoms with Gasteiger partial charge in [-0.1, -0.05) is 120 Å². The van der Waals surface area contributed by atoms with Crippen molar-refractivity contribution in [1.29, 1.82) is 0 Å². The fourth-order valence-electron chi connectivity index (χ4n) is 3.86. The molecule has 0 N–H and O–H groups in total. The van der Waals surface area contributed by atoms with E-state index in [0.717, 1.165) is 52.2 Å². The number of hydrogen-bond acceptors (Lipinski definition) is 6. The first-order valence-electron chi connectivity index (χ1n) is 13.9. The summed E-state index contributed by atoms with van der Waals surface area (Å²) in [4.78, 5) is 7.15. The molecule has 0 unspecified atom stereocenters. The van der Waals surface area contributed by atoms with Gasteiger partial charge in [-0.25, -0.2) is 0 Å². The van der Waals surface area contributed by atoms with Gasteiger partial charge in [-0.05, 0) is 35.5 Å². The van der Waals surface area contributed by atoms with Crippen LogP contribution in [0.15, 0.2) is 0 Å². The maximum Gasteiger partial charge on any atom is 0.362 e. The summed E-state index contributed by atoms with van der Waals surface area (Å²) in [7, 11) is 0. The molecule has 0 rings (SSSR count). The highest BCUT2D eigenvalue weighted by Crippen LogP contribution is 2.36. The largest absolute Gasteiger partial charge is 0.362 e. The molecule has 0 saturated carbocycles. The van der Waals surface area contributed by atoms with Crippen LogP contribution < -0.4 is 0 Å². The molecule has 0 amide bonds. The van der Waals surface area contributed by atoms with Gasteiger partial charge >= 0.3 is 4.55 Å². The van der Waals surface area contributed by atoms with Gasteiger partial charge < -0.3 is 14.7 Å². The Labute approximate surface area is 259 Å². The van der Waals surface area contributed by atoms with Crippen LogP contribution in [0.1, 0.15) is 83.1 Å². The van der Waals surface area contributed by atoms with Gasteiger partial charge in [-0.15, -0.1) is 34.8 Å². The molecule has 0 fully saturated rings. The van der Waals surface area contributed by atoms with E-state index < -0.39 is 0 Å². The van der Waals surface area contributed by atoms with E-state index in [0.29, 0.717) is 35.5 Å². The molecule has 0 aromatic carbocycles. The highest BCUT2D eigenvalue weighted by molar-refractivity contribution is 8.86. The quantitative estimate of drug-likeness (QED) is 0.130. The van der Waals surface area contributed by atoms with Crippen LogP contribution in [0, 0.1) is 35.5 Å². The van der Waals surface area contributed by atoms with Gasteiger partial charge in [0, 0.05) is 39.3 Å². The molecule has 0 saturated heterocycles. The summed E-state index contributed by atoms with van der Waals surface area (Å²) < 4.78 is 2.95. The molecule has 0 atom stereocenters. The van der Waals surface area contributed by atoms with Crippen molar-refractivity contribution in [1.82, 2.24) is 14.7 Å². The molecule has 0 aliphatic heterocycles. The van der Waals surface area contributed by atoms with Crippen LogP contribution in [-0.4, -0.2) is 71.5 Å². The van der Waals surface area contributed by atoms with Crippen LogP contribution in [0.2, 0.25) is 0 Å². The summed E-state index contributed by atoms with van der Waals surface area (Å²) in [6.07, 6.45) is 0. The minimum atomic E-state index is 0.0815. The van der Waals surface area contributed by atoms with Crippen LogP contribution in [0.3, 0.4) is 0 Å². The lowest BCUT2D eigenvalue weighted by molar-refractivity contribution is 0.337. The second kappa shape index (κ2) is 19.8. The molecule has 0 aromatic rings. The van der Waals surface area contributed by atoms with Gasteiger partial charge in [0.2, 0.25) is 0 Å². The van der Waals surface area contributed by atoms with Crippen molar-refractivity contribution in [2.75, 3.05) is 39.3 Å². The molecule has 3 nitrogen and oxygen atoms in total. The molecule has 216 valence electrons. The van der Waals surface area contributed by atoms with E-state index in [-0.39, 0.29) is 4.55 Å². The second-order valence-electron chi connectivity index (χ2n) is 12.5. The van der Waals surface area contributed by atoms with Crippen LogP contribution in [0.4, 0.5) is 0 Å². The van der Waals surface area contributed by atoms with Gasteiger partial charge in [0.1, 0.15) is 13.0 Å². The molecule has 0 aliphatic rings. The Kier molecular flexibility index (Phi) is 20.2. The van der Waals surface area contributed by atoms with Gasteiger partial charge in [0.25, 0.3) is 0 Å². The lowest BCUT2D eigenvalue weighted by atomic mass is 10.1. The maximum atomic E-state index is 6.05. The first kappa shape index (κ1) is 37.8. The summed E-state index contributed by atoms with van der Waals surface area (Å²) in [5.74, 6) is 3.32. The molecule has 37 heavy (non-hydrogen) atoms. The highest BCUT2D eigenvalue weighted by atomic mass is 32.3. The summed E-state index contributed by atoms with van der Waals surface area (Å²) in [5, 5.41) is 0. The van der Waals surface area contributed by atoms with Crippen molar-refractivity contribution in [2.45, 2.75) is 83.1 Å². The van der Waals surface area contributed by atoms with Crippen LogP contribution >= 0.6 is 71.5 Å². The monoisotopic (exact) mass is 623 g/mol. The molecule has 0 spiro atoms. The highest BCUT2D eigenvalue weighted by Gasteiger charge is 2.30. The number of thiocarbonyl (C=S) groups is 3. The van der Waals surface area contributed by atoms with E-state index in [1.165, 1.54) is 0 Å². The Bertz CT molecular complexity index is 565. The molecule has 0 aliphatic carbocycles. The van der Waals surface area contributed by atoms with Crippen LogP contribution in [-0.2, 0) is 0 Å². The Balaban J connectivity index is 5.93. The molecule has 0 aromatic heterocycles. The second-order valence-corrected chi connectivity index (χ2v) is 18.6. The van der Waals surface area contributed by atoms with Crippen molar-refractivity contribution in [3.63, 3.8) is 0 Å². The topological polar surface area (TPSA) is 9.72 Å². The average Bonchev–Trinajstić information content (AvgIpc) is 2.70. The molecule has 0 radical (unpaired) electrons. The maximum absolute atomic E-state index is 6.05. The normalized spacial score (nSPS) is 11.8. The zero-order valence-corrected chi connectivity index (χ0v) is 30.5. The lowest BCUT2D eigenvalue weighted by Gasteiger charge is -2.33.